The molecule has 0 radical (unpaired) electrons. The molecule has 0 heterocycles. The van der Waals surface area contributed by atoms with Crippen LogP contribution in [0, 0.1) is 0 Å². The van der Waals surface area contributed by atoms with Crippen LogP contribution in [0.2, 0.25) is 19.6 Å². The Labute approximate surface area is 80.9 Å². The summed E-state index contributed by atoms with van der Waals surface area (Å²) >= 11 is 0. The molecule has 2 nitrogen and oxygen atoms in total. The molecule has 0 amide bonds. The van der Waals surface area contributed by atoms with Gasteiger partial charge in [-0.1, -0.05) is 25.3 Å². The molecule has 11 heavy (non-hydrogen) atoms. The van der Waals surface area contributed by atoms with Crippen LogP contribution < -0.4 is 24.0 Å². The molecular weight excluding hydrogens is 151 g/mol. The molecule has 0 saturated heterocycles. The maximum Gasteiger partial charge on any atom is 1.00 e. The van der Waals surface area contributed by atoms with Crippen molar-refractivity contribution >= 4 is 14.0 Å². The third-order valence-corrected chi connectivity index (χ3v) is 2.27. The minimum Gasteiger partial charge on any atom is -0.545 e. The largest absolute Gasteiger partial charge is 1.00 e. The van der Waals surface area contributed by atoms with Gasteiger partial charge in [0.1, 0.15) is 0 Å². The van der Waals surface area contributed by atoms with Gasteiger partial charge in [0.05, 0.1) is 14.0 Å². The van der Waals surface area contributed by atoms with E-state index in [1.165, 1.54) is 0 Å². The fourth-order valence-electron chi connectivity index (χ4n) is 0.708. The molecule has 0 aromatic heterocycles. The van der Waals surface area contributed by atoms with Crippen molar-refractivity contribution in [2.24, 2.45) is 0 Å². The molecular formula is C7H13LiO2Si. The van der Waals surface area contributed by atoms with Crippen molar-refractivity contribution in [3.63, 3.8) is 0 Å². The maximum atomic E-state index is 10.2. The van der Waals surface area contributed by atoms with Crippen LogP contribution in [-0.4, -0.2) is 14.0 Å². The molecule has 0 unspecified atom stereocenters. The molecule has 0 saturated carbocycles. The zero-order chi connectivity index (χ0) is 8.36. The van der Waals surface area contributed by atoms with Gasteiger partial charge in [-0.05, 0) is 12.5 Å². The molecule has 0 aliphatic rings. The molecule has 0 fully saturated rings. The van der Waals surface area contributed by atoms with Gasteiger partial charge in [0.15, 0.2) is 0 Å². The van der Waals surface area contributed by atoms with E-state index in [-0.39, 0.29) is 18.9 Å². The summed E-state index contributed by atoms with van der Waals surface area (Å²) in [4.78, 5) is 10.2. The van der Waals surface area contributed by atoms with E-state index in [0.717, 1.165) is 0 Å². The second kappa shape index (κ2) is 4.81. The van der Waals surface area contributed by atoms with Crippen LogP contribution in [0.1, 0.15) is 6.92 Å². The Hall–Kier alpha value is 0.0243. The number of hydrogen-bond donors (Lipinski definition) is 0. The quantitative estimate of drug-likeness (QED) is 0.336. The van der Waals surface area contributed by atoms with Crippen LogP contribution in [0.5, 0.6) is 0 Å². The van der Waals surface area contributed by atoms with Gasteiger partial charge < -0.3 is 9.90 Å². The normalized spacial score (nSPS) is 12.2. The Morgan fingerprint density at radius 2 is 1.73 bits per heavy atom. The van der Waals surface area contributed by atoms with E-state index in [9.17, 15) is 9.90 Å². The molecule has 0 aliphatic heterocycles. The summed E-state index contributed by atoms with van der Waals surface area (Å²) in [5.74, 6) is -1.05. The third kappa shape index (κ3) is 7.93. The van der Waals surface area contributed by atoms with Crippen molar-refractivity contribution in [2.75, 3.05) is 0 Å². The summed E-state index contributed by atoms with van der Waals surface area (Å²) in [6.07, 6.45) is 0. The fourth-order valence-corrected chi connectivity index (χ4v) is 2.13. The minimum absolute atomic E-state index is 0. The van der Waals surface area contributed by atoms with Crippen molar-refractivity contribution in [1.29, 1.82) is 0 Å². The van der Waals surface area contributed by atoms with Gasteiger partial charge in [0.25, 0.3) is 0 Å². The van der Waals surface area contributed by atoms with Gasteiger partial charge in [-0.25, -0.2) is 0 Å². The number of carboxylic acid groups (broad SMARTS) is 1. The van der Waals surface area contributed by atoms with Crippen LogP contribution in [0.15, 0.2) is 11.3 Å². The number of carbonyl (C=O) groups is 1. The summed E-state index contributed by atoms with van der Waals surface area (Å²) in [7, 11) is -1.37. The minimum atomic E-state index is -1.37. The van der Waals surface area contributed by atoms with E-state index in [1.807, 2.05) is 5.70 Å². The topological polar surface area (TPSA) is 40.1 Å². The van der Waals surface area contributed by atoms with Crippen LogP contribution >= 0.6 is 0 Å². The first-order valence-corrected chi connectivity index (χ1v) is 6.81. The summed E-state index contributed by atoms with van der Waals surface area (Å²) in [5.41, 5.74) is 2.18. The average molecular weight is 164 g/mol. The number of carbonyl (C=O) groups excluding carboxylic acids is 1. The van der Waals surface area contributed by atoms with Gasteiger partial charge in [-0.15, -0.1) is 0 Å². The van der Waals surface area contributed by atoms with Crippen molar-refractivity contribution < 1.29 is 28.8 Å². The SMILES string of the molecule is CC(=C[Si](C)(C)C)C(=O)[O-].[Li+]. The molecule has 4 heteroatoms. The predicted molar refractivity (Wildman–Crippen MR) is 42.1 cm³/mol. The Morgan fingerprint density at radius 3 is 1.82 bits per heavy atom. The number of rotatable bonds is 2. The Kier molecular flexibility index (Phi) is 5.95. The standard InChI is InChI=1S/C7H14O2Si.Li/c1-6(7(8)9)5-10(2,3)4;/h5H,1-4H3,(H,8,9);/q;+1/p-1. The number of hydrogen-bond acceptors (Lipinski definition) is 2. The van der Waals surface area contributed by atoms with Crippen molar-refractivity contribution in [3.8, 4) is 0 Å². The van der Waals surface area contributed by atoms with Gasteiger partial charge in [0.2, 0.25) is 0 Å². The first-order valence-electron chi connectivity index (χ1n) is 3.24. The third-order valence-electron chi connectivity index (χ3n) is 0.971. The van der Waals surface area contributed by atoms with Crippen LogP contribution in [-0.2, 0) is 4.79 Å². The Balaban J connectivity index is 0. The van der Waals surface area contributed by atoms with Crippen molar-refractivity contribution in [3.05, 3.63) is 11.3 Å². The molecule has 58 valence electrons. The molecule has 0 spiro atoms. The van der Waals surface area contributed by atoms with Crippen molar-refractivity contribution in [2.45, 2.75) is 26.6 Å². The van der Waals surface area contributed by atoms with Crippen molar-refractivity contribution in [1.82, 2.24) is 0 Å². The smallest absolute Gasteiger partial charge is 0.545 e. The summed E-state index contributed by atoms with van der Waals surface area (Å²) in [6, 6.07) is 0. The van der Waals surface area contributed by atoms with Crippen LogP contribution in [0.4, 0.5) is 0 Å². The van der Waals surface area contributed by atoms with Gasteiger partial charge >= 0.3 is 18.9 Å². The van der Waals surface area contributed by atoms with E-state index in [0.29, 0.717) is 5.57 Å². The summed E-state index contributed by atoms with van der Waals surface area (Å²) in [6.45, 7) is 7.83. The van der Waals surface area contributed by atoms with Gasteiger partial charge in [-0.2, -0.15) is 0 Å². The first-order chi connectivity index (χ1) is 4.33. The second-order valence-corrected chi connectivity index (χ2v) is 8.50. The van der Waals surface area contributed by atoms with E-state index in [1.54, 1.807) is 6.92 Å². The zero-order valence-corrected chi connectivity index (χ0v) is 8.89. The monoisotopic (exact) mass is 164 g/mol. The summed E-state index contributed by atoms with van der Waals surface area (Å²) < 4.78 is 0. The molecule has 0 atom stereocenters. The predicted octanol–water partition coefficient (Wildman–Crippen LogP) is -2.44. The zero-order valence-electron chi connectivity index (χ0n) is 7.89. The summed E-state index contributed by atoms with van der Waals surface area (Å²) in [5, 5.41) is 10.2. The van der Waals surface area contributed by atoms with Crippen LogP contribution in [0.25, 0.3) is 0 Å². The van der Waals surface area contributed by atoms with Crippen LogP contribution in [0.3, 0.4) is 0 Å². The Morgan fingerprint density at radius 1 is 1.36 bits per heavy atom. The maximum absolute atomic E-state index is 10.2. The van der Waals surface area contributed by atoms with E-state index in [2.05, 4.69) is 19.6 Å². The van der Waals surface area contributed by atoms with E-state index >= 15 is 0 Å². The second-order valence-electron chi connectivity index (χ2n) is 3.48. The van der Waals surface area contributed by atoms with Gasteiger partial charge in [-0.3, -0.25) is 0 Å². The molecule has 0 N–H and O–H groups in total. The molecule has 0 aromatic carbocycles. The molecule has 0 aliphatic carbocycles. The molecule has 0 aromatic rings. The average Bonchev–Trinajstić information content (AvgIpc) is 1.60. The van der Waals surface area contributed by atoms with E-state index < -0.39 is 14.0 Å². The van der Waals surface area contributed by atoms with Gasteiger partial charge in [0, 0.05) is 0 Å². The number of aliphatic carboxylic acids is 1. The Bertz CT molecular complexity index is 170. The van der Waals surface area contributed by atoms with E-state index in [4.69, 9.17) is 0 Å². The fraction of sp³-hybridized carbons (Fsp3) is 0.571. The first kappa shape index (κ1) is 13.6. The number of carboxylic acids is 1. The molecule has 0 bridgehead atoms. The molecule has 0 rings (SSSR count).